The van der Waals surface area contributed by atoms with Crippen LogP contribution in [-0.2, 0) is 36.7 Å². The zero-order valence-electron chi connectivity index (χ0n) is 31.0. The number of carbonyl (C=O) groups excluding carboxylic acids is 1. The number of rotatable bonds is 14. The second-order valence-corrected chi connectivity index (χ2v) is 13.3. The maximum atomic E-state index is 13.7. The zero-order valence-corrected chi connectivity index (χ0v) is 27.5. The van der Waals surface area contributed by atoms with E-state index >= 15 is 0 Å². The van der Waals surface area contributed by atoms with Crippen LogP contribution in [0.15, 0.2) is 83.5 Å². The van der Waals surface area contributed by atoms with Crippen molar-refractivity contribution in [3.63, 3.8) is 0 Å². The van der Waals surface area contributed by atoms with Crippen LogP contribution in [0.1, 0.15) is 19.5 Å². The Balaban J connectivity index is 1.41. The number of phosphoric acid groups is 1. The fraction of sp³-hybridized carbons (Fsp3) is 0.194. The van der Waals surface area contributed by atoms with E-state index in [9.17, 15) is 22.2 Å². The maximum Gasteiger partial charge on any atom is 0.472 e. The van der Waals surface area contributed by atoms with Gasteiger partial charge in [0.1, 0.15) is 51.6 Å². The summed E-state index contributed by atoms with van der Waals surface area (Å²) in [6, 6.07) is 16.4. The molecule has 0 aliphatic heterocycles. The minimum absolute atomic E-state index is 0.0126. The summed E-state index contributed by atoms with van der Waals surface area (Å²) in [4.78, 5) is 39.2. The topological polar surface area (TPSA) is 191 Å². The summed E-state index contributed by atoms with van der Waals surface area (Å²) < 4.78 is 118. The number of furan rings is 1. The lowest BCUT2D eigenvalue weighted by molar-refractivity contribution is 0.0191. The van der Waals surface area contributed by atoms with Crippen LogP contribution < -0.4 is 10.1 Å². The number of ether oxygens (including phenoxy) is 2. The normalized spacial score (nSPS) is 14.5. The number of fused-ring (bicyclic) bond motifs is 1. The van der Waals surface area contributed by atoms with Crippen molar-refractivity contribution in [2.24, 2.45) is 0 Å². The average Bonchev–Trinajstić information content (AvgIpc) is 3.59. The Morgan fingerprint density at radius 3 is 2.67 bits per heavy atom. The number of phosphoric ester groups is 1. The van der Waals surface area contributed by atoms with Crippen LogP contribution in [-0.4, -0.2) is 64.5 Å². The Morgan fingerprint density at radius 2 is 1.94 bits per heavy atom. The van der Waals surface area contributed by atoms with Gasteiger partial charge in [-0.25, -0.2) is 36.7 Å². The molecule has 5 aromatic rings. The van der Waals surface area contributed by atoms with E-state index < -0.39 is 67.4 Å². The van der Waals surface area contributed by atoms with E-state index in [2.05, 4.69) is 24.5 Å². The van der Waals surface area contributed by atoms with Crippen molar-refractivity contribution in [3.8, 4) is 17.1 Å². The van der Waals surface area contributed by atoms with E-state index in [0.29, 0.717) is 28.4 Å². The van der Waals surface area contributed by atoms with Crippen molar-refractivity contribution in [2.75, 3.05) is 30.6 Å². The van der Waals surface area contributed by atoms with Gasteiger partial charge < -0.3 is 29.0 Å². The summed E-state index contributed by atoms with van der Waals surface area (Å²) in [7, 11) is -9.69. The van der Waals surface area contributed by atoms with Gasteiger partial charge in [-0.15, -0.1) is 0 Å². The Hall–Kier alpha value is -4.57. The van der Waals surface area contributed by atoms with Gasteiger partial charge >= 0.3 is 13.9 Å². The first-order chi connectivity index (χ1) is 25.5. The van der Waals surface area contributed by atoms with Crippen LogP contribution in [0, 0.1) is 5.82 Å². The molecule has 0 radical (unpaired) electrons. The number of carbonyl (C=O) groups is 1. The number of halogens is 2. The van der Waals surface area contributed by atoms with Crippen LogP contribution in [0.4, 0.5) is 20.7 Å². The zero-order chi connectivity index (χ0) is 40.6. The molecule has 5 rings (SSSR count). The minimum atomic E-state index is -5.14. The van der Waals surface area contributed by atoms with Gasteiger partial charge in [0.2, 0.25) is 6.79 Å². The summed E-state index contributed by atoms with van der Waals surface area (Å²) in [5.41, 5.74) is -2.09. The number of aromatic nitrogens is 2. The van der Waals surface area contributed by atoms with E-state index in [1.807, 2.05) is 0 Å². The quantitative estimate of drug-likeness (QED) is 0.0881. The molecule has 18 heteroatoms. The number of anilines is 2. The smallest absolute Gasteiger partial charge is 0.472 e. The molecular weight excluding hydrogens is 706 g/mol. The van der Waals surface area contributed by atoms with Gasteiger partial charge in [0, 0.05) is 32.2 Å². The van der Waals surface area contributed by atoms with Crippen molar-refractivity contribution >= 4 is 57.8 Å². The molecule has 0 unspecified atom stereocenters. The highest BCUT2D eigenvalue weighted by atomic mass is 35.5. The lowest BCUT2D eigenvalue weighted by Crippen LogP contribution is -2.35. The molecule has 0 fully saturated rings. The van der Waals surface area contributed by atoms with E-state index in [4.69, 9.17) is 38.8 Å². The Labute approximate surface area is 293 Å². The molecule has 2 heterocycles. The predicted octanol–water partition coefficient (Wildman–Crippen LogP) is 6.05. The van der Waals surface area contributed by atoms with Gasteiger partial charge in [-0.3, -0.25) is 4.90 Å². The average molecular weight is 741 g/mol. The van der Waals surface area contributed by atoms with Crippen LogP contribution in [0.5, 0.6) is 5.75 Å². The van der Waals surface area contributed by atoms with Crippen LogP contribution in [0.25, 0.3) is 22.2 Å². The van der Waals surface area contributed by atoms with E-state index in [1.165, 1.54) is 48.8 Å². The fourth-order valence-electron chi connectivity index (χ4n) is 4.01. The second kappa shape index (κ2) is 15.3. The summed E-state index contributed by atoms with van der Waals surface area (Å²) in [5.74, 6) is -0.989. The van der Waals surface area contributed by atoms with Crippen molar-refractivity contribution in [1.82, 2.24) is 14.9 Å². The van der Waals surface area contributed by atoms with Crippen LogP contribution in [0.2, 0.25) is 5.02 Å². The van der Waals surface area contributed by atoms with Gasteiger partial charge in [0.15, 0.2) is 0 Å². The molecule has 0 aliphatic carbocycles. The molecular formula is C31H29ClFN4O10PS. The molecule has 0 saturated heterocycles. The first-order valence-corrected chi connectivity index (χ1v) is 17.5. The highest BCUT2D eigenvalue weighted by molar-refractivity contribution is 7.90. The highest BCUT2D eigenvalue weighted by Gasteiger charge is 2.22. The molecule has 1 amide bonds. The third-order valence-corrected chi connectivity index (χ3v) is 7.57. The molecule has 0 spiro atoms. The first-order valence-electron chi connectivity index (χ1n) is 16.7. The standard InChI is InChI=1S/C31H29ClFN4O10PS/c1-49(42,43)12-11-37(31(38)45-19-46-48(39,40)41)16-24-7-10-28(47-24)21-5-8-27-25(14-21)30(35-18-34-27)36-23-6-9-29(26(32)15-23)44-17-20-3-2-4-22(33)13-20/h2-10,13-15,18H,11-12,16-17,19H2,1H3,(H,34,35,36)(H2,39,40,41)/i12D2,16D2,17D2. The lowest BCUT2D eigenvalue weighted by atomic mass is 10.1. The minimum Gasteiger partial charge on any atom is -0.487 e. The Morgan fingerprint density at radius 1 is 1.12 bits per heavy atom. The molecule has 2 aromatic heterocycles. The third kappa shape index (κ3) is 10.5. The summed E-state index contributed by atoms with van der Waals surface area (Å²) in [5, 5.41) is 3.53. The maximum absolute atomic E-state index is 13.7. The molecule has 3 aromatic carbocycles. The molecule has 49 heavy (non-hydrogen) atoms. The largest absolute Gasteiger partial charge is 0.487 e. The van der Waals surface area contributed by atoms with Crippen molar-refractivity contribution in [1.29, 1.82) is 0 Å². The number of hydrogen-bond donors (Lipinski definition) is 3. The Kier molecular flexibility index (Phi) is 8.85. The molecule has 3 N–H and O–H groups in total. The molecule has 258 valence electrons. The Bertz CT molecular complexity index is 2410. The van der Waals surface area contributed by atoms with Gasteiger partial charge in [-0.05, 0) is 66.2 Å². The van der Waals surface area contributed by atoms with E-state index in [1.54, 1.807) is 18.2 Å². The highest BCUT2D eigenvalue weighted by Crippen LogP contribution is 2.36. The number of nitrogens with one attached hydrogen (secondary N) is 1. The van der Waals surface area contributed by atoms with Crippen LogP contribution in [0.3, 0.4) is 0 Å². The van der Waals surface area contributed by atoms with Crippen molar-refractivity contribution < 1.29 is 58.6 Å². The summed E-state index contributed by atoms with van der Waals surface area (Å²) >= 11 is 6.42. The predicted molar refractivity (Wildman–Crippen MR) is 177 cm³/mol. The summed E-state index contributed by atoms with van der Waals surface area (Å²) in [6.07, 6.45) is 0.0775. The van der Waals surface area contributed by atoms with Gasteiger partial charge in [-0.2, -0.15) is 0 Å². The van der Waals surface area contributed by atoms with E-state index in [-0.39, 0.29) is 32.8 Å². The number of amides is 1. The SMILES string of the molecule is [2H]C([2H])(Oc1ccc(Nc2ncnc3ccc(-c4ccc(C([2H])([2H])N(CC([2H])([2H])S(C)(=O)=O)C(=O)OCOP(=O)(O)O)o4)cc23)cc1Cl)c1cccc(F)c1. The third-order valence-electron chi connectivity index (χ3n) is 6.18. The number of hydrogen-bond acceptors (Lipinski definition) is 11. The first kappa shape index (κ1) is 28.3. The molecule has 0 atom stereocenters. The van der Waals surface area contributed by atoms with Gasteiger partial charge in [0.05, 0.1) is 28.2 Å². The molecule has 0 aliphatic rings. The monoisotopic (exact) mass is 740 g/mol. The molecule has 0 saturated carbocycles. The number of sulfone groups is 1. The fourth-order valence-corrected chi connectivity index (χ4v) is 4.79. The van der Waals surface area contributed by atoms with Crippen LogP contribution >= 0.6 is 19.4 Å². The molecule has 14 nitrogen and oxygen atoms in total. The molecule has 0 bridgehead atoms. The van der Waals surface area contributed by atoms with E-state index in [0.717, 1.165) is 12.1 Å². The second-order valence-electron chi connectivity index (χ2n) is 9.86. The number of benzene rings is 3. The van der Waals surface area contributed by atoms with Gasteiger partial charge in [0.25, 0.3) is 0 Å². The van der Waals surface area contributed by atoms with Gasteiger partial charge in [-0.1, -0.05) is 23.7 Å². The van der Waals surface area contributed by atoms with Crippen molar-refractivity contribution in [2.45, 2.75) is 13.1 Å². The summed E-state index contributed by atoms with van der Waals surface area (Å²) in [6.45, 7) is -8.33. The number of nitrogens with zero attached hydrogens (tertiary/aromatic N) is 3. The van der Waals surface area contributed by atoms with Crippen molar-refractivity contribution in [3.05, 3.63) is 101 Å². The lowest BCUT2D eigenvalue weighted by Gasteiger charge is -2.20.